The Labute approximate surface area is 117 Å². The fourth-order valence-electron chi connectivity index (χ4n) is 1.20. The molecule has 0 fully saturated rings. The van der Waals surface area contributed by atoms with Gasteiger partial charge in [-0.1, -0.05) is 23.2 Å². The highest BCUT2D eigenvalue weighted by molar-refractivity contribution is 6.34. The summed E-state index contributed by atoms with van der Waals surface area (Å²) >= 11 is 11.7. The van der Waals surface area contributed by atoms with E-state index in [4.69, 9.17) is 27.9 Å². The molecule has 6 heteroatoms. The number of nitrogens with zero attached hydrogens (tertiary/aromatic N) is 1. The quantitative estimate of drug-likeness (QED) is 0.872. The summed E-state index contributed by atoms with van der Waals surface area (Å²) < 4.78 is 5.29. The van der Waals surface area contributed by atoms with Gasteiger partial charge in [-0.25, -0.2) is 0 Å². The fraction of sp³-hybridized carbons (Fsp3) is 0.417. The predicted octanol–water partition coefficient (Wildman–Crippen LogP) is 2.05. The van der Waals surface area contributed by atoms with E-state index in [-0.39, 0.29) is 12.5 Å². The first-order chi connectivity index (χ1) is 8.49. The summed E-state index contributed by atoms with van der Waals surface area (Å²) in [6.07, 6.45) is 0. The Hall–Kier alpha value is -0.970. The van der Waals surface area contributed by atoms with Crippen molar-refractivity contribution < 1.29 is 9.53 Å². The van der Waals surface area contributed by atoms with Crippen molar-refractivity contribution in [3.05, 3.63) is 28.2 Å². The topological polar surface area (TPSA) is 41.6 Å². The van der Waals surface area contributed by atoms with Crippen molar-refractivity contribution in [3.8, 4) is 5.75 Å². The van der Waals surface area contributed by atoms with E-state index in [1.807, 2.05) is 19.0 Å². The number of ether oxygens (including phenoxy) is 1. The van der Waals surface area contributed by atoms with E-state index < -0.39 is 0 Å². The van der Waals surface area contributed by atoms with Gasteiger partial charge in [-0.15, -0.1) is 0 Å². The molecule has 1 amide bonds. The molecule has 0 aliphatic heterocycles. The summed E-state index contributed by atoms with van der Waals surface area (Å²) in [5.41, 5.74) is 0. The van der Waals surface area contributed by atoms with Gasteiger partial charge < -0.3 is 15.0 Å². The minimum atomic E-state index is -0.187. The standard InChI is InChI=1S/C12H16Cl2N2O2/c1-16(2)6-5-15-12(17)8-18-11-7-9(13)3-4-10(11)14/h3-4,7H,5-6,8H2,1-2H3,(H,15,17). The Morgan fingerprint density at radius 3 is 2.78 bits per heavy atom. The van der Waals surface area contributed by atoms with Crippen molar-refractivity contribution in [2.24, 2.45) is 0 Å². The highest BCUT2D eigenvalue weighted by Gasteiger charge is 2.06. The van der Waals surface area contributed by atoms with Crippen LogP contribution in [-0.2, 0) is 4.79 Å². The monoisotopic (exact) mass is 290 g/mol. The lowest BCUT2D eigenvalue weighted by Crippen LogP contribution is -2.34. The first-order valence-corrected chi connectivity index (χ1v) is 6.24. The number of carbonyl (C=O) groups excluding carboxylic acids is 1. The van der Waals surface area contributed by atoms with Gasteiger partial charge in [-0.2, -0.15) is 0 Å². The SMILES string of the molecule is CN(C)CCNC(=O)COc1cc(Cl)ccc1Cl. The van der Waals surface area contributed by atoms with Crippen LogP contribution in [-0.4, -0.2) is 44.6 Å². The van der Waals surface area contributed by atoms with Gasteiger partial charge in [0.05, 0.1) is 5.02 Å². The fourth-order valence-corrected chi connectivity index (χ4v) is 1.54. The number of hydrogen-bond donors (Lipinski definition) is 1. The molecule has 0 saturated heterocycles. The van der Waals surface area contributed by atoms with Crippen LogP contribution in [0.25, 0.3) is 0 Å². The third-order valence-corrected chi connectivity index (χ3v) is 2.68. The van der Waals surface area contributed by atoms with E-state index in [1.165, 1.54) is 0 Å². The molecule has 1 rings (SSSR count). The van der Waals surface area contributed by atoms with Gasteiger partial charge in [0.1, 0.15) is 5.75 Å². The number of hydrogen-bond acceptors (Lipinski definition) is 3. The molecule has 1 aromatic carbocycles. The molecule has 4 nitrogen and oxygen atoms in total. The van der Waals surface area contributed by atoms with Crippen molar-refractivity contribution in [1.29, 1.82) is 0 Å². The number of carbonyl (C=O) groups is 1. The van der Waals surface area contributed by atoms with E-state index >= 15 is 0 Å². The van der Waals surface area contributed by atoms with Crippen LogP contribution in [0, 0.1) is 0 Å². The molecule has 0 spiro atoms. The minimum Gasteiger partial charge on any atom is -0.482 e. The molecule has 0 bridgehead atoms. The summed E-state index contributed by atoms with van der Waals surface area (Å²) in [6.45, 7) is 1.29. The zero-order chi connectivity index (χ0) is 13.5. The number of likely N-dealkylation sites (N-methyl/N-ethyl adjacent to an activating group) is 1. The highest BCUT2D eigenvalue weighted by atomic mass is 35.5. The molecule has 0 heterocycles. The average Bonchev–Trinajstić information content (AvgIpc) is 2.30. The molecule has 0 unspecified atom stereocenters. The van der Waals surface area contributed by atoms with E-state index in [9.17, 15) is 4.79 Å². The van der Waals surface area contributed by atoms with Crippen LogP contribution in [0.15, 0.2) is 18.2 Å². The lowest BCUT2D eigenvalue weighted by atomic mass is 10.3. The zero-order valence-corrected chi connectivity index (χ0v) is 11.9. The molecule has 100 valence electrons. The van der Waals surface area contributed by atoms with Gasteiger partial charge in [0.2, 0.25) is 0 Å². The number of benzene rings is 1. The van der Waals surface area contributed by atoms with Crippen LogP contribution in [0.2, 0.25) is 10.0 Å². The molecular weight excluding hydrogens is 275 g/mol. The van der Waals surface area contributed by atoms with Crippen LogP contribution in [0.1, 0.15) is 0 Å². The Morgan fingerprint density at radius 2 is 2.11 bits per heavy atom. The summed E-state index contributed by atoms with van der Waals surface area (Å²) in [6, 6.07) is 4.87. The molecule has 18 heavy (non-hydrogen) atoms. The molecule has 0 saturated carbocycles. The molecule has 0 aromatic heterocycles. The summed E-state index contributed by atoms with van der Waals surface area (Å²) in [4.78, 5) is 13.4. The Balaban J connectivity index is 2.36. The number of rotatable bonds is 6. The second-order valence-corrected chi connectivity index (χ2v) is 4.86. The van der Waals surface area contributed by atoms with Crippen LogP contribution < -0.4 is 10.1 Å². The maximum Gasteiger partial charge on any atom is 0.257 e. The van der Waals surface area contributed by atoms with Crippen molar-refractivity contribution >= 4 is 29.1 Å². The van der Waals surface area contributed by atoms with Gasteiger partial charge in [0, 0.05) is 24.2 Å². The van der Waals surface area contributed by atoms with Gasteiger partial charge >= 0.3 is 0 Å². The molecule has 0 atom stereocenters. The maximum atomic E-state index is 11.5. The van der Waals surface area contributed by atoms with E-state index in [2.05, 4.69) is 5.32 Å². The Kier molecular flexibility index (Phi) is 6.25. The van der Waals surface area contributed by atoms with Crippen LogP contribution >= 0.6 is 23.2 Å². The first-order valence-electron chi connectivity index (χ1n) is 5.48. The smallest absolute Gasteiger partial charge is 0.257 e. The lowest BCUT2D eigenvalue weighted by Gasteiger charge is -2.11. The van der Waals surface area contributed by atoms with Gasteiger partial charge in [-0.3, -0.25) is 4.79 Å². The third-order valence-electron chi connectivity index (χ3n) is 2.13. The molecule has 1 aromatic rings. The Morgan fingerprint density at radius 1 is 1.39 bits per heavy atom. The van der Waals surface area contributed by atoms with E-state index in [1.54, 1.807) is 18.2 Å². The third kappa shape index (κ3) is 5.58. The van der Waals surface area contributed by atoms with Gasteiger partial charge in [-0.05, 0) is 26.2 Å². The van der Waals surface area contributed by atoms with Gasteiger partial charge in [0.25, 0.3) is 5.91 Å². The van der Waals surface area contributed by atoms with Crippen LogP contribution in [0.4, 0.5) is 0 Å². The second kappa shape index (κ2) is 7.46. The van der Waals surface area contributed by atoms with Gasteiger partial charge in [0.15, 0.2) is 6.61 Å². The maximum absolute atomic E-state index is 11.5. The van der Waals surface area contributed by atoms with Crippen LogP contribution in [0.3, 0.4) is 0 Å². The van der Waals surface area contributed by atoms with E-state index in [0.29, 0.717) is 22.3 Å². The second-order valence-electron chi connectivity index (χ2n) is 4.02. The summed E-state index contributed by atoms with van der Waals surface area (Å²) in [7, 11) is 3.88. The van der Waals surface area contributed by atoms with Crippen molar-refractivity contribution in [2.45, 2.75) is 0 Å². The molecule has 0 aliphatic rings. The average molecular weight is 291 g/mol. The van der Waals surface area contributed by atoms with Crippen molar-refractivity contribution in [3.63, 3.8) is 0 Å². The summed E-state index contributed by atoms with van der Waals surface area (Å²) in [5.74, 6) is 0.222. The Bertz CT molecular complexity index is 411. The number of halogens is 2. The number of amides is 1. The minimum absolute atomic E-state index is 0.0759. The van der Waals surface area contributed by atoms with E-state index in [0.717, 1.165) is 6.54 Å². The number of nitrogens with one attached hydrogen (secondary N) is 1. The first kappa shape index (κ1) is 15.1. The van der Waals surface area contributed by atoms with Crippen LogP contribution in [0.5, 0.6) is 5.75 Å². The normalized spacial score (nSPS) is 10.5. The highest BCUT2D eigenvalue weighted by Crippen LogP contribution is 2.27. The molecular formula is C12H16Cl2N2O2. The molecule has 1 N–H and O–H groups in total. The largest absolute Gasteiger partial charge is 0.482 e. The summed E-state index contributed by atoms with van der Waals surface area (Å²) in [5, 5.41) is 3.68. The predicted molar refractivity (Wildman–Crippen MR) is 73.5 cm³/mol. The zero-order valence-electron chi connectivity index (χ0n) is 10.4. The molecule has 0 radical (unpaired) electrons. The van der Waals surface area contributed by atoms with Crippen molar-refractivity contribution in [1.82, 2.24) is 10.2 Å². The van der Waals surface area contributed by atoms with Crippen molar-refractivity contribution in [2.75, 3.05) is 33.8 Å². The lowest BCUT2D eigenvalue weighted by molar-refractivity contribution is -0.123. The molecule has 0 aliphatic carbocycles.